The molecular weight excluding hydrogens is 182 g/mol. The van der Waals surface area contributed by atoms with Crippen LogP contribution in [-0.2, 0) is 10.4 Å². The Bertz CT molecular complexity index is 112. The normalized spacial score (nSPS) is 7.60. The van der Waals surface area contributed by atoms with E-state index in [9.17, 15) is 0 Å². The standard InChI is InChI=1S/C2H5O.2Na.H2O4S/c1-2-3;;;1-5(2,3)4/h2H2,1H3;;;(H2,1,2,3,4)/q-1;2*+1;/p-1. The molecule has 0 aromatic carbocycles. The van der Waals surface area contributed by atoms with Gasteiger partial charge in [-0.2, -0.15) is 0 Å². The van der Waals surface area contributed by atoms with Crippen LogP contribution in [0.4, 0.5) is 0 Å². The van der Waals surface area contributed by atoms with E-state index in [1.54, 1.807) is 6.92 Å². The molecule has 0 aliphatic carbocycles. The molecule has 0 atom stereocenters. The van der Waals surface area contributed by atoms with Crippen molar-refractivity contribution in [3.63, 3.8) is 0 Å². The van der Waals surface area contributed by atoms with Gasteiger partial charge in [-0.25, -0.2) is 8.42 Å². The third-order valence-corrected chi connectivity index (χ3v) is 0. The van der Waals surface area contributed by atoms with E-state index in [0.717, 1.165) is 0 Å². The average molecular weight is 188 g/mol. The molecule has 0 radical (unpaired) electrons. The molecule has 0 aromatic heterocycles. The van der Waals surface area contributed by atoms with E-state index in [1.807, 2.05) is 0 Å². The maximum atomic E-state index is 8.93. The Hall–Kier alpha value is 1.83. The van der Waals surface area contributed by atoms with Crippen molar-refractivity contribution < 1.29 is 81.7 Å². The number of hydrogen-bond acceptors (Lipinski definition) is 4. The Morgan fingerprint density at radius 1 is 1.40 bits per heavy atom. The fourth-order valence-corrected chi connectivity index (χ4v) is 0. The Kier molecular flexibility index (Phi) is 30.4. The van der Waals surface area contributed by atoms with E-state index in [-0.39, 0.29) is 65.7 Å². The van der Waals surface area contributed by atoms with Gasteiger partial charge in [-0.3, -0.25) is 4.55 Å². The van der Waals surface area contributed by atoms with Gasteiger partial charge in [0.1, 0.15) is 0 Å². The van der Waals surface area contributed by atoms with Gasteiger partial charge < -0.3 is 9.66 Å². The Morgan fingerprint density at radius 2 is 1.40 bits per heavy atom. The minimum absolute atomic E-state index is 0. The molecule has 5 nitrogen and oxygen atoms in total. The first kappa shape index (κ1) is 22.6. The van der Waals surface area contributed by atoms with Gasteiger partial charge in [0.25, 0.3) is 0 Å². The van der Waals surface area contributed by atoms with Crippen molar-refractivity contribution in [2.75, 3.05) is 6.61 Å². The van der Waals surface area contributed by atoms with Crippen LogP contribution in [0.15, 0.2) is 0 Å². The van der Waals surface area contributed by atoms with Crippen LogP contribution in [-0.4, -0.2) is 24.1 Å². The summed E-state index contributed by atoms with van der Waals surface area (Å²) in [5.74, 6) is 0. The first-order valence-electron chi connectivity index (χ1n) is 1.68. The molecule has 0 saturated carbocycles. The van der Waals surface area contributed by atoms with Crippen molar-refractivity contribution >= 4 is 10.4 Å². The molecule has 10 heavy (non-hydrogen) atoms. The minimum Gasteiger partial charge on any atom is -0.855 e. The van der Waals surface area contributed by atoms with Crippen LogP contribution >= 0.6 is 0 Å². The summed E-state index contributed by atoms with van der Waals surface area (Å²) >= 11 is 0. The second kappa shape index (κ2) is 13.4. The van der Waals surface area contributed by atoms with Crippen molar-refractivity contribution in [1.29, 1.82) is 0 Å². The second-order valence-electron chi connectivity index (χ2n) is 0.716. The van der Waals surface area contributed by atoms with Crippen LogP contribution in [0.1, 0.15) is 6.92 Å². The van der Waals surface area contributed by atoms with Crippen LogP contribution in [0.5, 0.6) is 0 Å². The molecule has 0 unspecified atom stereocenters. The average Bonchev–Trinajstić information content (AvgIpc) is 1.27. The van der Waals surface area contributed by atoms with Crippen molar-refractivity contribution in [1.82, 2.24) is 0 Å². The molecule has 0 aliphatic rings. The van der Waals surface area contributed by atoms with E-state index >= 15 is 0 Å². The molecular formula is C2H6Na2O5S. The zero-order chi connectivity index (χ0) is 7.21. The molecule has 0 amide bonds. The van der Waals surface area contributed by atoms with Crippen LogP contribution in [0, 0.1) is 0 Å². The molecule has 0 bridgehead atoms. The van der Waals surface area contributed by atoms with Gasteiger partial charge in [0, 0.05) is 0 Å². The van der Waals surface area contributed by atoms with Gasteiger partial charge in [0.15, 0.2) is 0 Å². The van der Waals surface area contributed by atoms with E-state index in [4.69, 9.17) is 22.6 Å². The molecule has 0 aromatic rings. The van der Waals surface area contributed by atoms with Crippen LogP contribution in [0.2, 0.25) is 0 Å². The summed E-state index contributed by atoms with van der Waals surface area (Å²) < 4.78 is 32.8. The van der Waals surface area contributed by atoms with E-state index in [0.29, 0.717) is 0 Å². The first-order chi connectivity index (χ1) is 3.41. The van der Waals surface area contributed by atoms with E-state index in [2.05, 4.69) is 0 Å². The summed E-state index contributed by atoms with van der Waals surface area (Å²) in [5.41, 5.74) is 0. The maximum Gasteiger partial charge on any atom is 1.00 e. The minimum atomic E-state index is -4.92. The van der Waals surface area contributed by atoms with Crippen LogP contribution in [0.3, 0.4) is 0 Å². The maximum absolute atomic E-state index is 8.93. The third kappa shape index (κ3) is 229. The van der Waals surface area contributed by atoms with Crippen LogP contribution in [0.25, 0.3) is 0 Å². The van der Waals surface area contributed by atoms with Gasteiger partial charge in [-0.1, -0.05) is 6.92 Å². The third-order valence-electron chi connectivity index (χ3n) is 0. The summed E-state index contributed by atoms with van der Waals surface area (Å²) in [5, 5.41) is 8.93. The summed E-state index contributed by atoms with van der Waals surface area (Å²) in [7, 11) is -4.92. The van der Waals surface area contributed by atoms with Gasteiger partial charge in [-0.15, -0.1) is 6.61 Å². The number of rotatable bonds is 0. The Labute approximate surface area is 104 Å². The fraction of sp³-hybridized carbons (Fsp3) is 1.00. The Morgan fingerprint density at radius 3 is 1.40 bits per heavy atom. The topological polar surface area (TPSA) is 100 Å². The SMILES string of the molecule is CC[O-].O=S(=O)([O-])O.[Na+].[Na+]. The molecule has 0 rings (SSSR count). The van der Waals surface area contributed by atoms with Crippen molar-refractivity contribution in [2.24, 2.45) is 0 Å². The fourth-order valence-electron chi connectivity index (χ4n) is 0. The summed E-state index contributed by atoms with van der Waals surface area (Å²) in [6.07, 6.45) is 0. The molecule has 0 heterocycles. The molecule has 8 heteroatoms. The number of hydrogen-bond donors (Lipinski definition) is 1. The summed E-state index contributed by atoms with van der Waals surface area (Å²) in [6, 6.07) is 0. The quantitative estimate of drug-likeness (QED) is 0.231. The largest absolute Gasteiger partial charge is 1.00 e. The van der Waals surface area contributed by atoms with Gasteiger partial charge in [0.2, 0.25) is 10.4 Å². The summed E-state index contributed by atoms with van der Waals surface area (Å²) in [6.45, 7) is 1.57. The van der Waals surface area contributed by atoms with Crippen molar-refractivity contribution in [3.8, 4) is 0 Å². The first-order valence-corrected chi connectivity index (χ1v) is 3.04. The van der Waals surface area contributed by atoms with Gasteiger partial charge in [-0.05, 0) is 0 Å². The van der Waals surface area contributed by atoms with Crippen LogP contribution < -0.4 is 64.2 Å². The van der Waals surface area contributed by atoms with Gasteiger partial charge in [0.05, 0.1) is 0 Å². The van der Waals surface area contributed by atoms with Crippen molar-refractivity contribution in [3.05, 3.63) is 0 Å². The molecule has 1 N–H and O–H groups in total. The Balaban J connectivity index is -0.0000000326. The zero-order valence-electron chi connectivity index (χ0n) is 6.20. The molecule has 0 saturated heterocycles. The molecule has 52 valence electrons. The summed E-state index contributed by atoms with van der Waals surface area (Å²) in [4.78, 5) is 0. The zero-order valence-corrected chi connectivity index (χ0v) is 11.0. The smallest absolute Gasteiger partial charge is 0.855 e. The molecule has 0 spiro atoms. The predicted molar refractivity (Wildman–Crippen MR) is 22.9 cm³/mol. The van der Waals surface area contributed by atoms with Crippen molar-refractivity contribution in [2.45, 2.75) is 6.92 Å². The monoisotopic (exact) mass is 188 g/mol. The predicted octanol–water partition coefficient (Wildman–Crippen LogP) is -7.62. The van der Waals surface area contributed by atoms with Gasteiger partial charge >= 0.3 is 59.1 Å². The van der Waals surface area contributed by atoms with E-state index in [1.165, 1.54) is 0 Å². The van der Waals surface area contributed by atoms with E-state index < -0.39 is 10.4 Å². The second-order valence-corrected chi connectivity index (χ2v) is 1.57. The molecule has 0 aliphatic heterocycles. The molecule has 0 fully saturated rings.